The maximum atomic E-state index is 13.0. The first kappa shape index (κ1) is 19.9. The van der Waals surface area contributed by atoms with E-state index in [1.165, 1.54) is 6.08 Å². The first-order valence-corrected chi connectivity index (χ1v) is 9.95. The van der Waals surface area contributed by atoms with Crippen molar-refractivity contribution in [2.45, 2.75) is 37.6 Å². The number of benzene rings is 1. The Bertz CT molecular complexity index is 675. The van der Waals surface area contributed by atoms with Crippen LogP contribution in [-0.2, 0) is 20.7 Å². The van der Waals surface area contributed by atoms with Gasteiger partial charge in [0.15, 0.2) is 0 Å². The van der Waals surface area contributed by atoms with E-state index in [4.69, 9.17) is 16.3 Å². The first-order chi connectivity index (χ1) is 13.0. The Balaban J connectivity index is 1.64. The number of hydrogen-bond donors (Lipinski definition) is 1. The predicted octanol–water partition coefficient (Wildman–Crippen LogP) is 2.97. The van der Waals surface area contributed by atoms with Gasteiger partial charge >= 0.3 is 0 Å². The molecule has 3 rings (SSSR count). The van der Waals surface area contributed by atoms with Gasteiger partial charge in [-0.05, 0) is 55.9 Å². The molecule has 6 heteroatoms. The summed E-state index contributed by atoms with van der Waals surface area (Å²) >= 11 is 5.99. The van der Waals surface area contributed by atoms with Crippen molar-refractivity contribution in [2.24, 2.45) is 5.92 Å². The lowest BCUT2D eigenvalue weighted by Crippen LogP contribution is -2.57. The highest BCUT2D eigenvalue weighted by molar-refractivity contribution is 6.30. The summed E-state index contributed by atoms with van der Waals surface area (Å²) in [6.07, 6.45) is 5.26. The van der Waals surface area contributed by atoms with Crippen LogP contribution in [0.1, 0.15) is 31.2 Å². The van der Waals surface area contributed by atoms with Crippen molar-refractivity contribution in [1.82, 2.24) is 10.2 Å². The Morgan fingerprint density at radius 1 is 1.30 bits per heavy atom. The smallest absolute Gasteiger partial charge is 0.245 e. The van der Waals surface area contributed by atoms with Gasteiger partial charge in [0.05, 0.1) is 12.1 Å². The third-order valence-corrected chi connectivity index (χ3v) is 5.77. The Labute approximate surface area is 165 Å². The molecule has 0 aromatic heterocycles. The van der Waals surface area contributed by atoms with Gasteiger partial charge in [-0.1, -0.05) is 30.3 Å². The zero-order chi connectivity index (χ0) is 19.3. The molecule has 2 fully saturated rings. The highest BCUT2D eigenvalue weighted by Gasteiger charge is 2.37. The van der Waals surface area contributed by atoms with Gasteiger partial charge in [0.2, 0.25) is 11.8 Å². The second kappa shape index (κ2) is 8.89. The number of likely N-dealkylation sites (tertiary alicyclic amines) is 1. The molecule has 0 spiro atoms. The Morgan fingerprint density at radius 2 is 2.00 bits per heavy atom. The van der Waals surface area contributed by atoms with Gasteiger partial charge in [-0.15, -0.1) is 0 Å². The first-order valence-electron chi connectivity index (χ1n) is 9.57. The van der Waals surface area contributed by atoms with E-state index in [0.29, 0.717) is 37.6 Å². The van der Waals surface area contributed by atoms with Crippen LogP contribution in [-0.4, -0.2) is 48.6 Å². The second-order valence-corrected chi connectivity index (χ2v) is 7.97. The van der Waals surface area contributed by atoms with E-state index >= 15 is 0 Å². The number of carbonyl (C=O) groups is 2. The highest BCUT2D eigenvalue weighted by atomic mass is 35.5. The number of halogens is 1. The maximum Gasteiger partial charge on any atom is 0.245 e. The molecule has 1 aromatic carbocycles. The van der Waals surface area contributed by atoms with E-state index in [2.05, 4.69) is 11.9 Å². The molecule has 27 heavy (non-hydrogen) atoms. The molecule has 0 saturated carbocycles. The summed E-state index contributed by atoms with van der Waals surface area (Å²) in [6, 6.07) is 7.76. The SMILES string of the molecule is C=CC(=O)N1CCC(C(=O)NC2(Cc3ccc(Cl)cc3)CCCOC2)CC1. The van der Waals surface area contributed by atoms with Gasteiger partial charge in [0.1, 0.15) is 0 Å². The number of hydrogen-bond acceptors (Lipinski definition) is 3. The molecule has 1 N–H and O–H groups in total. The lowest BCUT2D eigenvalue weighted by atomic mass is 9.84. The number of piperidine rings is 1. The minimum absolute atomic E-state index is 0.0613. The molecule has 2 amide bonds. The molecule has 1 aromatic rings. The van der Waals surface area contributed by atoms with Gasteiger partial charge in [0.25, 0.3) is 0 Å². The fourth-order valence-corrected chi connectivity index (χ4v) is 4.11. The highest BCUT2D eigenvalue weighted by Crippen LogP contribution is 2.27. The van der Waals surface area contributed by atoms with E-state index in [1.54, 1.807) is 4.90 Å². The molecule has 1 unspecified atom stereocenters. The Hall–Kier alpha value is -1.85. The quantitative estimate of drug-likeness (QED) is 0.786. The summed E-state index contributed by atoms with van der Waals surface area (Å²) in [6.45, 7) is 5.99. The number of ether oxygens (including phenoxy) is 1. The number of nitrogens with one attached hydrogen (secondary N) is 1. The molecule has 2 saturated heterocycles. The largest absolute Gasteiger partial charge is 0.379 e. The van der Waals surface area contributed by atoms with Crippen molar-refractivity contribution in [1.29, 1.82) is 0 Å². The molecule has 2 aliphatic heterocycles. The maximum absolute atomic E-state index is 13.0. The van der Waals surface area contributed by atoms with Gasteiger partial charge in [-0.3, -0.25) is 9.59 Å². The van der Waals surface area contributed by atoms with Crippen LogP contribution >= 0.6 is 11.6 Å². The lowest BCUT2D eigenvalue weighted by Gasteiger charge is -2.40. The summed E-state index contributed by atoms with van der Waals surface area (Å²) in [5.41, 5.74) is 0.758. The van der Waals surface area contributed by atoms with Crippen LogP contribution in [0.4, 0.5) is 0 Å². The number of carbonyl (C=O) groups excluding carboxylic acids is 2. The molecule has 5 nitrogen and oxygen atoms in total. The molecule has 0 aliphatic carbocycles. The summed E-state index contributed by atoms with van der Waals surface area (Å²) in [5.74, 6) is -0.0585. The summed E-state index contributed by atoms with van der Waals surface area (Å²) < 4.78 is 5.73. The van der Waals surface area contributed by atoms with Crippen molar-refractivity contribution in [2.75, 3.05) is 26.3 Å². The summed E-state index contributed by atoms with van der Waals surface area (Å²) in [4.78, 5) is 26.4. The van der Waals surface area contributed by atoms with Gasteiger partial charge in [-0.2, -0.15) is 0 Å². The molecule has 0 radical (unpaired) electrons. The molecular formula is C21H27ClN2O3. The lowest BCUT2D eigenvalue weighted by molar-refractivity contribution is -0.134. The van der Waals surface area contributed by atoms with E-state index in [-0.39, 0.29) is 23.3 Å². The van der Waals surface area contributed by atoms with E-state index in [1.807, 2.05) is 24.3 Å². The monoisotopic (exact) mass is 390 g/mol. The van der Waals surface area contributed by atoms with Crippen LogP contribution in [0.2, 0.25) is 5.02 Å². The van der Waals surface area contributed by atoms with Crippen LogP contribution in [0.15, 0.2) is 36.9 Å². The van der Waals surface area contributed by atoms with Crippen molar-refractivity contribution < 1.29 is 14.3 Å². The standard InChI is InChI=1S/C21H27ClN2O3/c1-2-19(25)24-11-8-17(9-12-24)20(26)23-21(10-3-13-27-15-21)14-16-4-6-18(22)7-5-16/h2,4-7,17H,1,3,8-15H2,(H,23,26). The Kier molecular flexibility index (Phi) is 6.55. The van der Waals surface area contributed by atoms with E-state index < -0.39 is 0 Å². The topological polar surface area (TPSA) is 58.6 Å². The average Bonchev–Trinajstić information content (AvgIpc) is 2.70. The molecule has 0 bridgehead atoms. The third-order valence-electron chi connectivity index (χ3n) is 5.52. The molecule has 2 aliphatic rings. The van der Waals surface area contributed by atoms with E-state index in [9.17, 15) is 9.59 Å². The fraction of sp³-hybridized carbons (Fsp3) is 0.524. The zero-order valence-corrected chi connectivity index (χ0v) is 16.3. The van der Waals surface area contributed by atoms with Crippen LogP contribution in [0.3, 0.4) is 0 Å². The molecule has 2 heterocycles. The van der Waals surface area contributed by atoms with Gasteiger partial charge in [-0.25, -0.2) is 0 Å². The minimum atomic E-state index is -0.378. The second-order valence-electron chi connectivity index (χ2n) is 7.53. The third kappa shape index (κ3) is 5.11. The summed E-state index contributed by atoms with van der Waals surface area (Å²) in [7, 11) is 0. The van der Waals surface area contributed by atoms with Crippen LogP contribution in [0.25, 0.3) is 0 Å². The number of nitrogens with zero attached hydrogens (tertiary/aromatic N) is 1. The fourth-order valence-electron chi connectivity index (χ4n) is 3.98. The minimum Gasteiger partial charge on any atom is -0.379 e. The molecule has 1 atom stereocenters. The van der Waals surface area contributed by atoms with E-state index in [0.717, 1.165) is 31.4 Å². The molecule has 146 valence electrons. The zero-order valence-electron chi connectivity index (χ0n) is 15.6. The normalized spacial score (nSPS) is 23.7. The van der Waals surface area contributed by atoms with Gasteiger partial charge < -0.3 is 15.0 Å². The van der Waals surface area contributed by atoms with Crippen LogP contribution in [0, 0.1) is 5.92 Å². The van der Waals surface area contributed by atoms with Crippen molar-refractivity contribution in [3.05, 3.63) is 47.5 Å². The predicted molar refractivity (Wildman–Crippen MR) is 106 cm³/mol. The molecular weight excluding hydrogens is 364 g/mol. The van der Waals surface area contributed by atoms with Crippen molar-refractivity contribution >= 4 is 23.4 Å². The Morgan fingerprint density at radius 3 is 2.59 bits per heavy atom. The van der Waals surface area contributed by atoms with Gasteiger partial charge in [0, 0.05) is 30.6 Å². The summed E-state index contributed by atoms with van der Waals surface area (Å²) in [5, 5.41) is 4.01. The number of amides is 2. The van der Waals surface area contributed by atoms with Crippen molar-refractivity contribution in [3.8, 4) is 0 Å². The number of rotatable bonds is 5. The average molecular weight is 391 g/mol. The van der Waals surface area contributed by atoms with Crippen LogP contribution < -0.4 is 5.32 Å². The van der Waals surface area contributed by atoms with Crippen LogP contribution in [0.5, 0.6) is 0 Å². The van der Waals surface area contributed by atoms with Crippen molar-refractivity contribution in [3.63, 3.8) is 0 Å².